The van der Waals surface area contributed by atoms with Gasteiger partial charge >= 0.3 is 0 Å². The third kappa shape index (κ3) is 5.53. The number of carbonyl (C=O) groups excluding carboxylic acids is 1. The molecule has 0 spiro atoms. The molecule has 0 saturated carbocycles. The van der Waals surface area contributed by atoms with Crippen molar-refractivity contribution in [2.24, 2.45) is 0 Å². The van der Waals surface area contributed by atoms with Gasteiger partial charge in [-0.15, -0.1) is 0 Å². The SMILES string of the molecule is O=C(C=Cc1ccccc1Cl)NC(=S)Nc1ccc(Cl)c([N+](=O)[O-])c1. The molecule has 0 aliphatic rings. The van der Waals surface area contributed by atoms with Crippen LogP contribution in [0.2, 0.25) is 10.0 Å². The van der Waals surface area contributed by atoms with Crippen LogP contribution in [0.3, 0.4) is 0 Å². The molecule has 128 valence electrons. The fraction of sp³-hybridized carbons (Fsp3) is 0. The minimum absolute atomic E-state index is 0.00757. The smallest absolute Gasteiger partial charge is 0.289 e. The molecule has 0 heterocycles. The molecule has 9 heteroatoms. The van der Waals surface area contributed by atoms with Gasteiger partial charge in [0.05, 0.1) is 4.92 Å². The zero-order chi connectivity index (χ0) is 18.4. The molecular formula is C16H11Cl2N3O3S. The van der Waals surface area contributed by atoms with Crippen LogP contribution in [0.4, 0.5) is 11.4 Å². The van der Waals surface area contributed by atoms with E-state index in [4.69, 9.17) is 35.4 Å². The molecule has 0 aliphatic carbocycles. The predicted molar refractivity (Wildman–Crippen MR) is 103 cm³/mol. The Bertz CT molecular complexity index is 871. The van der Waals surface area contributed by atoms with Crippen LogP contribution < -0.4 is 10.6 Å². The average molecular weight is 396 g/mol. The highest BCUT2D eigenvalue weighted by atomic mass is 35.5. The number of anilines is 1. The summed E-state index contributed by atoms with van der Waals surface area (Å²) in [5.74, 6) is -0.471. The Balaban J connectivity index is 1.98. The van der Waals surface area contributed by atoms with Crippen molar-refractivity contribution in [1.29, 1.82) is 0 Å². The Kier molecular flexibility index (Phi) is 6.46. The molecule has 0 aliphatic heterocycles. The number of thiocarbonyl (C=S) groups is 1. The molecule has 0 saturated heterocycles. The highest BCUT2D eigenvalue weighted by Crippen LogP contribution is 2.27. The van der Waals surface area contributed by atoms with Gasteiger partial charge in [-0.1, -0.05) is 41.4 Å². The van der Waals surface area contributed by atoms with E-state index in [0.29, 0.717) is 16.3 Å². The van der Waals surface area contributed by atoms with Gasteiger partial charge in [0.2, 0.25) is 5.91 Å². The lowest BCUT2D eigenvalue weighted by molar-refractivity contribution is -0.384. The van der Waals surface area contributed by atoms with Gasteiger partial charge in [0, 0.05) is 22.9 Å². The Labute approximate surface area is 158 Å². The van der Waals surface area contributed by atoms with Crippen molar-refractivity contribution in [3.05, 3.63) is 74.3 Å². The fourth-order valence-corrected chi connectivity index (χ4v) is 2.43. The molecule has 0 bridgehead atoms. The predicted octanol–water partition coefficient (Wildman–Crippen LogP) is 4.43. The van der Waals surface area contributed by atoms with Gasteiger partial charge < -0.3 is 5.32 Å². The number of carbonyl (C=O) groups is 1. The van der Waals surface area contributed by atoms with Crippen molar-refractivity contribution in [1.82, 2.24) is 5.32 Å². The lowest BCUT2D eigenvalue weighted by Gasteiger charge is -2.08. The monoisotopic (exact) mass is 395 g/mol. The van der Waals surface area contributed by atoms with Crippen molar-refractivity contribution in [2.75, 3.05) is 5.32 Å². The molecule has 0 fully saturated rings. The van der Waals surface area contributed by atoms with Gasteiger partial charge in [0.15, 0.2) is 5.11 Å². The standard InChI is InChI=1S/C16H11Cl2N3O3S/c17-12-4-2-1-3-10(12)5-8-15(22)20-16(25)19-11-6-7-13(18)14(9-11)21(23)24/h1-9H,(H2,19,20,22,25). The number of nitro groups is 1. The molecule has 2 rings (SSSR count). The number of benzene rings is 2. The summed E-state index contributed by atoms with van der Waals surface area (Å²) in [6, 6.07) is 11.1. The zero-order valence-electron chi connectivity index (χ0n) is 12.5. The number of halogens is 2. The van der Waals surface area contributed by atoms with Gasteiger partial charge in [-0.2, -0.15) is 0 Å². The van der Waals surface area contributed by atoms with Gasteiger partial charge in [0.25, 0.3) is 5.69 Å². The van der Waals surface area contributed by atoms with E-state index in [-0.39, 0.29) is 15.8 Å². The van der Waals surface area contributed by atoms with Crippen LogP contribution in [-0.4, -0.2) is 15.9 Å². The normalized spacial score (nSPS) is 10.5. The number of nitrogens with one attached hydrogen (secondary N) is 2. The second kappa shape index (κ2) is 8.57. The van der Waals surface area contributed by atoms with Crippen molar-refractivity contribution >= 4 is 63.9 Å². The number of nitrogens with zero attached hydrogens (tertiary/aromatic N) is 1. The summed E-state index contributed by atoms with van der Waals surface area (Å²) >= 11 is 16.7. The largest absolute Gasteiger partial charge is 0.332 e. The molecule has 2 aromatic carbocycles. The number of hydrogen-bond donors (Lipinski definition) is 2. The summed E-state index contributed by atoms with van der Waals surface area (Å²) in [4.78, 5) is 22.1. The lowest BCUT2D eigenvalue weighted by atomic mass is 10.2. The summed E-state index contributed by atoms with van der Waals surface area (Å²) in [6.45, 7) is 0. The maximum atomic E-state index is 11.9. The number of rotatable bonds is 4. The summed E-state index contributed by atoms with van der Waals surface area (Å²) in [5, 5.41) is 16.5. The third-order valence-electron chi connectivity index (χ3n) is 2.96. The topological polar surface area (TPSA) is 84.3 Å². The number of amides is 1. The Morgan fingerprint density at radius 1 is 1.16 bits per heavy atom. The van der Waals surface area contributed by atoms with Gasteiger partial charge in [0.1, 0.15) is 5.02 Å². The third-order valence-corrected chi connectivity index (χ3v) is 3.82. The van der Waals surface area contributed by atoms with Crippen molar-refractivity contribution in [2.45, 2.75) is 0 Å². The Hall–Kier alpha value is -2.48. The summed E-state index contributed by atoms with van der Waals surface area (Å²) in [5.41, 5.74) is 0.752. The van der Waals surface area contributed by atoms with E-state index in [1.807, 2.05) is 0 Å². The van der Waals surface area contributed by atoms with Crippen LogP contribution >= 0.6 is 35.4 Å². The quantitative estimate of drug-likeness (QED) is 0.346. The van der Waals surface area contributed by atoms with E-state index in [9.17, 15) is 14.9 Å². The Morgan fingerprint density at radius 2 is 1.88 bits per heavy atom. The van der Waals surface area contributed by atoms with E-state index in [1.165, 1.54) is 24.3 Å². The van der Waals surface area contributed by atoms with Crippen molar-refractivity contribution in [3.8, 4) is 0 Å². The lowest BCUT2D eigenvalue weighted by Crippen LogP contribution is -2.32. The first-order chi connectivity index (χ1) is 11.9. The zero-order valence-corrected chi connectivity index (χ0v) is 14.9. The first-order valence-electron chi connectivity index (χ1n) is 6.85. The second-order valence-electron chi connectivity index (χ2n) is 4.72. The molecule has 2 N–H and O–H groups in total. The van der Waals surface area contributed by atoms with E-state index < -0.39 is 10.8 Å². The summed E-state index contributed by atoms with van der Waals surface area (Å²) in [6.07, 6.45) is 2.83. The minimum Gasteiger partial charge on any atom is -0.332 e. The summed E-state index contributed by atoms with van der Waals surface area (Å²) in [7, 11) is 0. The van der Waals surface area contributed by atoms with Crippen LogP contribution in [0, 0.1) is 10.1 Å². The van der Waals surface area contributed by atoms with Crippen LogP contribution in [-0.2, 0) is 4.79 Å². The minimum atomic E-state index is -0.610. The molecule has 2 aromatic rings. The van der Waals surface area contributed by atoms with E-state index in [2.05, 4.69) is 10.6 Å². The molecular weight excluding hydrogens is 385 g/mol. The van der Waals surface area contributed by atoms with E-state index in [1.54, 1.807) is 30.3 Å². The average Bonchev–Trinajstić information content (AvgIpc) is 2.55. The number of nitro benzene ring substituents is 1. The van der Waals surface area contributed by atoms with Gasteiger partial charge in [-0.3, -0.25) is 20.2 Å². The maximum Gasteiger partial charge on any atom is 0.289 e. The first-order valence-corrected chi connectivity index (χ1v) is 8.02. The van der Waals surface area contributed by atoms with E-state index in [0.717, 1.165) is 0 Å². The highest BCUT2D eigenvalue weighted by Gasteiger charge is 2.13. The second-order valence-corrected chi connectivity index (χ2v) is 5.94. The highest BCUT2D eigenvalue weighted by molar-refractivity contribution is 7.80. The molecule has 6 nitrogen and oxygen atoms in total. The summed E-state index contributed by atoms with van der Waals surface area (Å²) < 4.78 is 0. The van der Waals surface area contributed by atoms with Gasteiger partial charge in [-0.25, -0.2) is 0 Å². The first kappa shape index (κ1) is 18.9. The number of hydrogen-bond acceptors (Lipinski definition) is 4. The molecule has 0 aromatic heterocycles. The van der Waals surface area contributed by atoms with Crippen molar-refractivity contribution in [3.63, 3.8) is 0 Å². The van der Waals surface area contributed by atoms with Crippen LogP contribution in [0.5, 0.6) is 0 Å². The molecule has 0 unspecified atom stereocenters. The Morgan fingerprint density at radius 3 is 2.56 bits per heavy atom. The van der Waals surface area contributed by atoms with Crippen LogP contribution in [0.15, 0.2) is 48.5 Å². The molecule has 0 atom stereocenters. The van der Waals surface area contributed by atoms with Crippen LogP contribution in [0.25, 0.3) is 6.08 Å². The van der Waals surface area contributed by atoms with E-state index >= 15 is 0 Å². The molecule has 0 radical (unpaired) electrons. The fourth-order valence-electron chi connectivity index (χ4n) is 1.82. The maximum absolute atomic E-state index is 11.9. The van der Waals surface area contributed by atoms with Gasteiger partial charge in [-0.05, 0) is 42.1 Å². The molecule has 25 heavy (non-hydrogen) atoms. The van der Waals surface area contributed by atoms with Crippen molar-refractivity contribution < 1.29 is 9.72 Å². The molecule has 1 amide bonds. The van der Waals surface area contributed by atoms with Crippen LogP contribution in [0.1, 0.15) is 5.56 Å².